The fourth-order valence-corrected chi connectivity index (χ4v) is 1.59. The van der Waals surface area contributed by atoms with E-state index in [2.05, 4.69) is 0 Å². The fourth-order valence-electron chi connectivity index (χ4n) is 1.59. The Bertz CT molecular complexity index is 414. The zero-order valence-corrected chi connectivity index (χ0v) is 11.6. The van der Waals surface area contributed by atoms with Crippen molar-refractivity contribution in [3.05, 3.63) is 23.8 Å². The number of hydrogen-bond acceptors (Lipinski definition) is 3. The summed E-state index contributed by atoms with van der Waals surface area (Å²) in [4.78, 5) is 13.1. The third kappa shape index (κ3) is 4.28. The van der Waals surface area contributed by atoms with Crippen LogP contribution in [0.5, 0.6) is 5.75 Å². The van der Waals surface area contributed by atoms with Crippen molar-refractivity contribution in [3.8, 4) is 5.75 Å². The molecule has 0 aliphatic heterocycles. The van der Waals surface area contributed by atoms with Crippen LogP contribution in [0.1, 0.15) is 25.8 Å². The second-order valence-electron chi connectivity index (χ2n) is 4.83. The minimum Gasteiger partial charge on any atom is -0.489 e. The average Bonchev–Trinajstić information content (AvgIpc) is 2.28. The van der Waals surface area contributed by atoms with Crippen LogP contribution in [0.25, 0.3) is 0 Å². The van der Waals surface area contributed by atoms with E-state index in [1.165, 1.54) is 0 Å². The number of carbonyl (C=O) groups excluding carboxylic acids is 1. The van der Waals surface area contributed by atoms with Crippen molar-refractivity contribution in [2.45, 2.75) is 32.8 Å². The number of benzene rings is 1. The van der Waals surface area contributed by atoms with E-state index in [0.29, 0.717) is 24.3 Å². The van der Waals surface area contributed by atoms with Crippen LogP contribution in [-0.4, -0.2) is 31.0 Å². The van der Waals surface area contributed by atoms with Gasteiger partial charge in [-0.25, -0.2) is 0 Å². The molecule has 4 heteroatoms. The fraction of sp³-hybridized carbons (Fsp3) is 0.500. The Morgan fingerprint density at radius 2 is 2.06 bits per heavy atom. The number of amides is 1. The lowest BCUT2D eigenvalue weighted by atomic mass is 10.1. The first-order valence-electron chi connectivity index (χ1n) is 6.15. The summed E-state index contributed by atoms with van der Waals surface area (Å²) in [6, 6.07) is 5.70. The van der Waals surface area contributed by atoms with Crippen LogP contribution in [0.2, 0.25) is 0 Å². The number of nitrogens with two attached hydrogens (primary N) is 1. The molecule has 0 atom stereocenters. The molecule has 0 bridgehead atoms. The van der Waals surface area contributed by atoms with Gasteiger partial charge >= 0.3 is 0 Å². The molecule has 0 aliphatic carbocycles. The van der Waals surface area contributed by atoms with Gasteiger partial charge in [0, 0.05) is 20.5 Å². The van der Waals surface area contributed by atoms with E-state index < -0.39 is 0 Å². The van der Waals surface area contributed by atoms with Crippen LogP contribution in [0, 0.1) is 0 Å². The Balaban J connectivity index is 2.64. The van der Waals surface area contributed by atoms with Gasteiger partial charge in [-0.3, -0.25) is 4.79 Å². The van der Waals surface area contributed by atoms with Gasteiger partial charge < -0.3 is 15.4 Å². The molecule has 0 aliphatic rings. The predicted molar refractivity (Wildman–Crippen MR) is 73.6 cm³/mol. The minimum atomic E-state index is 0.105. The van der Waals surface area contributed by atoms with Crippen molar-refractivity contribution in [1.82, 2.24) is 4.90 Å². The Morgan fingerprint density at radius 1 is 1.39 bits per heavy atom. The van der Waals surface area contributed by atoms with E-state index in [0.717, 1.165) is 5.56 Å². The predicted octanol–water partition coefficient (Wildman–Crippen LogP) is 2.08. The Hall–Kier alpha value is -1.71. The molecule has 1 aromatic carbocycles. The van der Waals surface area contributed by atoms with Gasteiger partial charge in [-0.15, -0.1) is 0 Å². The molecule has 18 heavy (non-hydrogen) atoms. The van der Waals surface area contributed by atoms with Crippen LogP contribution >= 0.6 is 0 Å². The quantitative estimate of drug-likeness (QED) is 0.814. The van der Waals surface area contributed by atoms with Gasteiger partial charge in [0.2, 0.25) is 5.91 Å². The number of aryl methyl sites for hydroxylation is 1. The standard InChI is InChI=1S/C14H22N2O2/c1-10(2)18-13-7-5-11(9-12(13)15)6-8-14(17)16(3)4/h5,7,9-10H,6,8,15H2,1-4H3. The molecule has 1 amide bonds. The minimum absolute atomic E-state index is 0.105. The molecular weight excluding hydrogens is 228 g/mol. The maximum Gasteiger partial charge on any atom is 0.222 e. The summed E-state index contributed by atoms with van der Waals surface area (Å²) in [6.07, 6.45) is 1.30. The zero-order chi connectivity index (χ0) is 13.7. The highest BCUT2D eigenvalue weighted by atomic mass is 16.5. The highest BCUT2D eigenvalue weighted by Crippen LogP contribution is 2.24. The average molecular weight is 250 g/mol. The van der Waals surface area contributed by atoms with Crippen molar-refractivity contribution in [2.24, 2.45) is 0 Å². The third-order valence-electron chi connectivity index (χ3n) is 2.56. The molecule has 0 heterocycles. The SMILES string of the molecule is CC(C)Oc1ccc(CCC(=O)N(C)C)cc1N. The molecule has 0 radical (unpaired) electrons. The van der Waals surface area contributed by atoms with Crippen molar-refractivity contribution in [3.63, 3.8) is 0 Å². The Morgan fingerprint density at radius 3 is 2.56 bits per heavy atom. The molecule has 0 aromatic heterocycles. The molecule has 0 saturated heterocycles. The summed E-state index contributed by atoms with van der Waals surface area (Å²) in [5.74, 6) is 0.823. The van der Waals surface area contributed by atoms with Crippen LogP contribution < -0.4 is 10.5 Å². The Labute approximate surface area is 109 Å². The van der Waals surface area contributed by atoms with Crippen LogP contribution in [0.4, 0.5) is 5.69 Å². The zero-order valence-electron chi connectivity index (χ0n) is 11.6. The van der Waals surface area contributed by atoms with E-state index in [-0.39, 0.29) is 12.0 Å². The van der Waals surface area contributed by atoms with Gasteiger partial charge in [0.25, 0.3) is 0 Å². The van der Waals surface area contributed by atoms with E-state index in [4.69, 9.17) is 10.5 Å². The maximum atomic E-state index is 11.5. The second kappa shape index (κ2) is 6.28. The van der Waals surface area contributed by atoms with Crippen molar-refractivity contribution >= 4 is 11.6 Å². The molecule has 0 unspecified atom stereocenters. The smallest absolute Gasteiger partial charge is 0.222 e. The lowest BCUT2D eigenvalue weighted by Gasteiger charge is -2.13. The molecule has 0 fully saturated rings. The Kier molecular flexibility index (Phi) is 5.01. The van der Waals surface area contributed by atoms with E-state index in [1.54, 1.807) is 19.0 Å². The first kappa shape index (κ1) is 14.4. The van der Waals surface area contributed by atoms with Crippen LogP contribution in [-0.2, 0) is 11.2 Å². The first-order valence-corrected chi connectivity index (χ1v) is 6.15. The topological polar surface area (TPSA) is 55.6 Å². The van der Waals surface area contributed by atoms with Crippen molar-refractivity contribution in [2.75, 3.05) is 19.8 Å². The molecule has 1 rings (SSSR count). The van der Waals surface area contributed by atoms with Gasteiger partial charge in [-0.2, -0.15) is 0 Å². The third-order valence-corrected chi connectivity index (χ3v) is 2.56. The summed E-state index contributed by atoms with van der Waals surface area (Å²) >= 11 is 0. The summed E-state index contributed by atoms with van der Waals surface area (Å²) in [5.41, 5.74) is 7.59. The number of nitrogen functional groups attached to an aromatic ring is 1. The van der Waals surface area contributed by atoms with Crippen LogP contribution in [0.15, 0.2) is 18.2 Å². The van der Waals surface area contributed by atoms with Crippen molar-refractivity contribution < 1.29 is 9.53 Å². The number of carbonyl (C=O) groups is 1. The van der Waals surface area contributed by atoms with Gasteiger partial charge in [-0.1, -0.05) is 6.07 Å². The van der Waals surface area contributed by atoms with E-state index in [1.807, 2.05) is 32.0 Å². The molecule has 4 nitrogen and oxygen atoms in total. The monoisotopic (exact) mass is 250 g/mol. The van der Waals surface area contributed by atoms with E-state index >= 15 is 0 Å². The number of anilines is 1. The molecular formula is C14H22N2O2. The molecule has 0 saturated carbocycles. The lowest BCUT2D eigenvalue weighted by molar-refractivity contribution is -0.128. The second-order valence-corrected chi connectivity index (χ2v) is 4.83. The van der Waals surface area contributed by atoms with Gasteiger partial charge in [0.1, 0.15) is 5.75 Å². The van der Waals surface area contributed by atoms with Crippen molar-refractivity contribution in [1.29, 1.82) is 0 Å². The van der Waals surface area contributed by atoms with E-state index in [9.17, 15) is 4.79 Å². The van der Waals surface area contributed by atoms with Crippen LogP contribution in [0.3, 0.4) is 0 Å². The number of hydrogen-bond donors (Lipinski definition) is 1. The number of rotatable bonds is 5. The maximum absolute atomic E-state index is 11.5. The summed E-state index contributed by atoms with van der Waals surface area (Å²) in [5, 5.41) is 0. The first-order chi connectivity index (χ1) is 8.40. The normalized spacial score (nSPS) is 10.5. The molecule has 100 valence electrons. The highest BCUT2D eigenvalue weighted by Gasteiger charge is 2.07. The summed E-state index contributed by atoms with van der Waals surface area (Å²) in [6.45, 7) is 3.92. The summed E-state index contributed by atoms with van der Waals surface area (Å²) < 4.78 is 5.56. The van der Waals surface area contributed by atoms with Gasteiger partial charge in [0.15, 0.2) is 0 Å². The van der Waals surface area contributed by atoms with Gasteiger partial charge in [-0.05, 0) is 38.0 Å². The van der Waals surface area contributed by atoms with Gasteiger partial charge in [0.05, 0.1) is 11.8 Å². The molecule has 1 aromatic rings. The number of nitrogens with zero attached hydrogens (tertiary/aromatic N) is 1. The largest absolute Gasteiger partial charge is 0.489 e. The highest BCUT2D eigenvalue weighted by molar-refractivity contribution is 5.75. The number of ether oxygens (including phenoxy) is 1. The molecule has 0 spiro atoms. The summed E-state index contributed by atoms with van der Waals surface area (Å²) in [7, 11) is 3.52. The molecule has 2 N–H and O–H groups in total. The lowest BCUT2D eigenvalue weighted by Crippen LogP contribution is -2.21.